The minimum atomic E-state index is -0.545. The molecule has 2 aromatic rings. The van der Waals surface area contributed by atoms with Crippen molar-refractivity contribution >= 4 is 23.5 Å². The van der Waals surface area contributed by atoms with Gasteiger partial charge in [0.05, 0.1) is 5.56 Å². The van der Waals surface area contributed by atoms with E-state index in [0.717, 1.165) is 11.1 Å². The molecule has 0 saturated heterocycles. The van der Waals surface area contributed by atoms with E-state index in [2.05, 4.69) is 19.2 Å². The van der Waals surface area contributed by atoms with E-state index < -0.39 is 24.4 Å². The van der Waals surface area contributed by atoms with E-state index >= 15 is 0 Å². The third-order valence-electron chi connectivity index (χ3n) is 4.37. The average molecular weight is 382 g/mol. The van der Waals surface area contributed by atoms with Crippen LogP contribution in [0, 0.1) is 0 Å². The first-order chi connectivity index (χ1) is 13.2. The highest BCUT2D eigenvalue weighted by Gasteiger charge is 2.18. The zero-order valence-corrected chi connectivity index (χ0v) is 16.6. The molecule has 0 fully saturated rings. The fourth-order valence-electron chi connectivity index (χ4n) is 2.73. The Morgan fingerprint density at radius 3 is 2.14 bits per heavy atom. The maximum absolute atomic E-state index is 12.5. The molecule has 2 aromatic carbocycles. The van der Waals surface area contributed by atoms with E-state index in [0.29, 0.717) is 22.7 Å². The van der Waals surface area contributed by atoms with Crippen molar-refractivity contribution in [3.63, 3.8) is 0 Å². The molecule has 0 heterocycles. The lowest BCUT2D eigenvalue weighted by atomic mass is 9.91. The molecule has 0 saturated carbocycles. The molecule has 2 rings (SSSR count). The van der Waals surface area contributed by atoms with Crippen LogP contribution >= 0.6 is 0 Å². The van der Waals surface area contributed by atoms with Gasteiger partial charge in [-0.2, -0.15) is 0 Å². The summed E-state index contributed by atoms with van der Waals surface area (Å²) in [4.78, 5) is 35.6. The summed E-state index contributed by atoms with van der Waals surface area (Å²) in [6.07, 6.45) is 0. The van der Waals surface area contributed by atoms with Crippen LogP contribution in [0.15, 0.2) is 42.5 Å². The molecule has 3 N–H and O–H groups in total. The molecule has 0 aromatic heterocycles. The number of amides is 2. The summed E-state index contributed by atoms with van der Waals surface area (Å²) < 4.78 is 5.19. The van der Waals surface area contributed by atoms with Gasteiger partial charge in [0.15, 0.2) is 6.61 Å². The fourth-order valence-corrected chi connectivity index (χ4v) is 2.73. The van der Waals surface area contributed by atoms with Crippen molar-refractivity contribution in [3.05, 3.63) is 64.7 Å². The van der Waals surface area contributed by atoms with Crippen LogP contribution < -0.4 is 11.1 Å². The standard InChI is InChI=1S/C22H26N2O4/c1-13(2)16-7-10-18(19(11-16)14(3)4)22(27)28-12-20(25)24-17-8-5-15(6-9-17)21(23)26/h5-11,13-14H,12H2,1-4H3,(H2,23,26)(H,24,25). The molecule has 0 atom stereocenters. The van der Waals surface area contributed by atoms with Crippen LogP contribution in [0.2, 0.25) is 0 Å². The molecule has 2 amide bonds. The number of nitrogens with two attached hydrogens (primary N) is 1. The van der Waals surface area contributed by atoms with Crippen molar-refractivity contribution < 1.29 is 19.1 Å². The number of hydrogen-bond donors (Lipinski definition) is 2. The lowest BCUT2D eigenvalue weighted by molar-refractivity contribution is -0.119. The first-order valence-electron chi connectivity index (χ1n) is 9.19. The van der Waals surface area contributed by atoms with Crippen molar-refractivity contribution in [3.8, 4) is 0 Å². The first-order valence-corrected chi connectivity index (χ1v) is 9.19. The smallest absolute Gasteiger partial charge is 0.338 e. The summed E-state index contributed by atoms with van der Waals surface area (Å²) in [6, 6.07) is 11.8. The molecule has 6 heteroatoms. The van der Waals surface area contributed by atoms with E-state index in [1.807, 2.05) is 26.0 Å². The molecule has 0 spiro atoms. The average Bonchev–Trinajstić information content (AvgIpc) is 2.65. The molecular weight excluding hydrogens is 356 g/mol. The second-order valence-corrected chi connectivity index (χ2v) is 7.22. The molecule has 0 unspecified atom stereocenters. The van der Waals surface area contributed by atoms with Gasteiger partial charge in [0.25, 0.3) is 5.91 Å². The van der Waals surface area contributed by atoms with Crippen molar-refractivity contribution in [2.45, 2.75) is 39.5 Å². The van der Waals surface area contributed by atoms with Gasteiger partial charge in [-0.1, -0.05) is 39.8 Å². The Bertz CT molecular complexity index is 871. The minimum Gasteiger partial charge on any atom is -0.452 e. The number of nitrogens with one attached hydrogen (secondary N) is 1. The van der Waals surface area contributed by atoms with E-state index in [-0.39, 0.29) is 5.92 Å². The normalized spacial score (nSPS) is 10.8. The molecule has 28 heavy (non-hydrogen) atoms. The zero-order chi connectivity index (χ0) is 20.8. The van der Waals surface area contributed by atoms with Gasteiger partial charge in [0, 0.05) is 11.3 Å². The van der Waals surface area contributed by atoms with Gasteiger partial charge >= 0.3 is 5.97 Å². The summed E-state index contributed by atoms with van der Waals surface area (Å²) in [5.74, 6) is -1.03. The van der Waals surface area contributed by atoms with Crippen LogP contribution in [-0.2, 0) is 9.53 Å². The van der Waals surface area contributed by atoms with Crippen molar-refractivity contribution in [2.75, 3.05) is 11.9 Å². The third kappa shape index (κ3) is 5.42. The van der Waals surface area contributed by atoms with Crippen molar-refractivity contribution in [2.24, 2.45) is 5.73 Å². The molecule has 148 valence electrons. The summed E-state index contributed by atoms with van der Waals surface area (Å²) in [5, 5.41) is 2.61. The Labute approximate surface area is 165 Å². The second-order valence-electron chi connectivity index (χ2n) is 7.22. The van der Waals surface area contributed by atoms with E-state index in [4.69, 9.17) is 10.5 Å². The first kappa shape index (κ1) is 21.2. The van der Waals surface area contributed by atoms with Gasteiger partial charge in [-0.15, -0.1) is 0 Å². The zero-order valence-electron chi connectivity index (χ0n) is 16.6. The van der Waals surface area contributed by atoms with Crippen molar-refractivity contribution in [1.29, 1.82) is 0 Å². The topological polar surface area (TPSA) is 98.5 Å². The van der Waals surface area contributed by atoms with E-state index in [9.17, 15) is 14.4 Å². The predicted molar refractivity (Wildman–Crippen MR) is 108 cm³/mol. The van der Waals surface area contributed by atoms with E-state index in [1.54, 1.807) is 18.2 Å². The van der Waals surface area contributed by atoms with Crippen LogP contribution in [0.3, 0.4) is 0 Å². The Hall–Kier alpha value is -3.15. The molecule has 6 nitrogen and oxygen atoms in total. The number of esters is 1. The summed E-state index contributed by atoms with van der Waals surface area (Å²) in [5.41, 5.74) is 8.52. The largest absolute Gasteiger partial charge is 0.452 e. The molecular formula is C22H26N2O4. The number of carbonyl (C=O) groups excluding carboxylic acids is 3. The monoisotopic (exact) mass is 382 g/mol. The van der Waals surface area contributed by atoms with Gasteiger partial charge in [-0.3, -0.25) is 9.59 Å². The quantitative estimate of drug-likeness (QED) is 0.711. The number of carbonyl (C=O) groups is 3. The number of rotatable bonds is 7. The van der Waals surface area contributed by atoms with E-state index in [1.165, 1.54) is 12.1 Å². The van der Waals surface area contributed by atoms with Gasteiger partial charge in [0.2, 0.25) is 5.91 Å². The lowest BCUT2D eigenvalue weighted by Crippen LogP contribution is -2.21. The van der Waals surface area contributed by atoms with Crippen LogP contribution in [0.5, 0.6) is 0 Å². The summed E-state index contributed by atoms with van der Waals surface area (Å²) in [6.45, 7) is 7.81. The lowest BCUT2D eigenvalue weighted by Gasteiger charge is -2.15. The Morgan fingerprint density at radius 1 is 0.964 bits per heavy atom. The van der Waals surface area contributed by atoms with Crippen LogP contribution in [0.4, 0.5) is 5.69 Å². The maximum Gasteiger partial charge on any atom is 0.338 e. The minimum absolute atomic E-state index is 0.152. The maximum atomic E-state index is 12.5. The highest BCUT2D eigenvalue weighted by Crippen LogP contribution is 2.25. The third-order valence-corrected chi connectivity index (χ3v) is 4.37. The number of anilines is 1. The summed E-state index contributed by atoms with van der Waals surface area (Å²) >= 11 is 0. The molecule has 0 radical (unpaired) electrons. The second kappa shape index (κ2) is 9.17. The molecule has 0 aliphatic heterocycles. The van der Waals surface area contributed by atoms with Gasteiger partial charge in [-0.05, 0) is 53.3 Å². The number of benzene rings is 2. The SMILES string of the molecule is CC(C)c1ccc(C(=O)OCC(=O)Nc2ccc(C(N)=O)cc2)c(C(C)C)c1. The van der Waals surface area contributed by atoms with Gasteiger partial charge in [0.1, 0.15) is 0 Å². The number of ether oxygens (including phenoxy) is 1. The van der Waals surface area contributed by atoms with Gasteiger partial charge < -0.3 is 15.8 Å². The molecule has 0 aliphatic carbocycles. The fraction of sp³-hybridized carbons (Fsp3) is 0.318. The highest BCUT2D eigenvalue weighted by molar-refractivity contribution is 5.97. The number of primary amides is 1. The van der Waals surface area contributed by atoms with Gasteiger partial charge in [-0.25, -0.2) is 4.79 Å². The molecule has 0 bridgehead atoms. The van der Waals surface area contributed by atoms with Crippen LogP contribution in [-0.4, -0.2) is 24.4 Å². The number of hydrogen-bond acceptors (Lipinski definition) is 4. The van der Waals surface area contributed by atoms with Crippen molar-refractivity contribution in [1.82, 2.24) is 0 Å². The Kier molecular flexibility index (Phi) is 6.93. The Balaban J connectivity index is 2.01. The highest BCUT2D eigenvalue weighted by atomic mass is 16.5. The van der Waals surface area contributed by atoms with Crippen LogP contribution in [0.25, 0.3) is 0 Å². The predicted octanol–water partition coefficient (Wildman–Crippen LogP) is 3.83. The Morgan fingerprint density at radius 2 is 1.61 bits per heavy atom. The summed E-state index contributed by atoms with van der Waals surface area (Å²) in [7, 11) is 0. The van der Waals surface area contributed by atoms with Crippen LogP contribution in [0.1, 0.15) is 71.4 Å². The molecule has 0 aliphatic rings.